The molecule has 1 amide bonds. The van der Waals surface area contributed by atoms with Crippen LogP contribution >= 0.6 is 0 Å². The molecule has 0 aliphatic carbocycles. The predicted octanol–water partition coefficient (Wildman–Crippen LogP) is 7.99. The Labute approximate surface area is 218 Å². The molecule has 0 heterocycles. The summed E-state index contributed by atoms with van der Waals surface area (Å²) in [4.78, 5) is 25.0. The minimum Gasteiger partial charge on any atom is -0.464 e. The smallest absolute Gasteiger partial charge is 0.328 e. The molecule has 0 radical (unpaired) electrons. The van der Waals surface area contributed by atoms with Crippen LogP contribution in [0.25, 0.3) is 0 Å². The largest absolute Gasteiger partial charge is 0.464 e. The van der Waals surface area contributed by atoms with Crippen molar-refractivity contribution in [1.29, 1.82) is 0 Å². The Balaban J connectivity index is 3.95. The van der Waals surface area contributed by atoms with Gasteiger partial charge in [-0.05, 0) is 38.6 Å². The summed E-state index contributed by atoms with van der Waals surface area (Å²) in [5.41, 5.74) is 5.61. The van der Waals surface area contributed by atoms with Crippen LogP contribution < -0.4 is 11.1 Å². The molecule has 0 bridgehead atoms. The molecule has 35 heavy (non-hydrogen) atoms. The number of rotatable bonds is 27. The molecule has 3 N–H and O–H groups in total. The van der Waals surface area contributed by atoms with Crippen LogP contribution in [-0.4, -0.2) is 31.1 Å². The highest BCUT2D eigenvalue weighted by Crippen LogP contribution is 2.12. The van der Waals surface area contributed by atoms with Gasteiger partial charge in [-0.2, -0.15) is 0 Å². The van der Waals surface area contributed by atoms with Gasteiger partial charge in [0.2, 0.25) is 5.91 Å². The van der Waals surface area contributed by atoms with E-state index in [1.807, 2.05) is 0 Å². The summed E-state index contributed by atoms with van der Waals surface area (Å²) in [6.45, 7) is 5.55. The lowest BCUT2D eigenvalue weighted by molar-refractivity contribution is -0.148. The zero-order valence-electron chi connectivity index (χ0n) is 23.6. The highest BCUT2D eigenvalue weighted by molar-refractivity contribution is 5.84. The second kappa shape index (κ2) is 27.5. The molecule has 0 saturated carbocycles. The normalized spacial score (nSPS) is 12.0. The summed E-state index contributed by atoms with van der Waals surface area (Å²) in [7, 11) is 0. The quantitative estimate of drug-likeness (QED) is 0.0892. The summed E-state index contributed by atoms with van der Waals surface area (Å²) < 4.78 is 5.52. The first-order valence-electron chi connectivity index (χ1n) is 15.3. The minimum absolute atomic E-state index is 0.0263. The molecule has 0 aromatic heterocycles. The fourth-order valence-corrected chi connectivity index (χ4v) is 4.47. The molecule has 0 spiro atoms. The van der Waals surface area contributed by atoms with Crippen molar-refractivity contribution in [3.05, 3.63) is 0 Å². The average molecular weight is 497 g/mol. The molecular formula is C30H60N2O3. The number of amides is 1. The zero-order valence-corrected chi connectivity index (χ0v) is 23.6. The monoisotopic (exact) mass is 496 g/mol. The van der Waals surface area contributed by atoms with Gasteiger partial charge in [0.1, 0.15) is 6.04 Å². The lowest BCUT2D eigenvalue weighted by atomic mass is 10.1. The maximum Gasteiger partial charge on any atom is 0.328 e. The third-order valence-electron chi connectivity index (χ3n) is 6.82. The van der Waals surface area contributed by atoms with Crippen LogP contribution in [-0.2, 0) is 14.3 Å². The SMILES string of the molecule is CCCCCCCCCCCCOC(=O)[C@H](CCCCN)NC(=O)CCCCCCCCCCC. The van der Waals surface area contributed by atoms with E-state index in [0.717, 1.165) is 38.5 Å². The fourth-order valence-electron chi connectivity index (χ4n) is 4.47. The number of carbonyl (C=O) groups is 2. The molecule has 0 saturated heterocycles. The summed E-state index contributed by atoms with van der Waals surface area (Å²) in [6.07, 6.45) is 26.4. The molecule has 0 rings (SSSR count). The maximum atomic E-state index is 12.6. The van der Waals surface area contributed by atoms with Gasteiger partial charge in [0, 0.05) is 6.42 Å². The molecule has 5 heteroatoms. The minimum atomic E-state index is -0.532. The van der Waals surface area contributed by atoms with Gasteiger partial charge in [-0.1, -0.05) is 123 Å². The molecule has 0 aliphatic heterocycles. The molecule has 0 unspecified atom stereocenters. The molecular weight excluding hydrogens is 436 g/mol. The van der Waals surface area contributed by atoms with Gasteiger partial charge in [-0.15, -0.1) is 0 Å². The number of hydrogen-bond donors (Lipinski definition) is 2. The standard InChI is InChI=1S/C30H60N2O3/c1-3-5-7-9-11-13-15-17-19-23-27-35-30(34)28(24-21-22-26-31)32-29(33)25-20-18-16-14-12-10-8-6-4-2/h28H,3-27,31H2,1-2H3,(H,32,33)/t28-/m0/s1. The molecule has 1 atom stereocenters. The number of ether oxygens (including phenoxy) is 1. The van der Waals surface area contributed by atoms with Crippen LogP contribution in [0.15, 0.2) is 0 Å². The number of unbranched alkanes of at least 4 members (excludes halogenated alkanes) is 18. The van der Waals surface area contributed by atoms with E-state index in [0.29, 0.717) is 26.0 Å². The van der Waals surface area contributed by atoms with Gasteiger partial charge in [0.25, 0.3) is 0 Å². The van der Waals surface area contributed by atoms with Crippen molar-refractivity contribution in [2.75, 3.05) is 13.2 Å². The van der Waals surface area contributed by atoms with Gasteiger partial charge in [0.05, 0.1) is 6.61 Å². The van der Waals surface area contributed by atoms with Gasteiger partial charge in [0.15, 0.2) is 0 Å². The van der Waals surface area contributed by atoms with E-state index >= 15 is 0 Å². The third kappa shape index (κ3) is 24.4. The first-order chi connectivity index (χ1) is 17.2. The number of nitrogens with one attached hydrogen (secondary N) is 1. The summed E-state index contributed by atoms with van der Waals surface area (Å²) in [6, 6.07) is -0.532. The van der Waals surface area contributed by atoms with Crippen molar-refractivity contribution in [2.45, 2.75) is 168 Å². The molecule has 0 aliphatic rings. The zero-order chi connectivity index (χ0) is 25.8. The van der Waals surface area contributed by atoms with E-state index in [4.69, 9.17) is 10.5 Å². The Hall–Kier alpha value is -1.10. The second-order valence-corrected chi connectivity index (χ2v) is 10.3. The number of esters is 1. The average Bonchev–Trinajstić information content (AvgIpc) is 2.85. The van der Waals surface area contributed by atoms with Crippen LogP contribution in [0.3, 0.4) is 0 Å². The first-order valence-corrected chi connectivity index (χ1v) is 15.3. The molecule has 0 aromatic carbocycles. The Kier molecular flexibility index (Phi) is 26.6. The number of hydrogen-bond acceptors (Lipinski definition) is 4. The molecule has 0 aromatic rings. The summed E-state index contributed by atoms with van der Waals surface area (Å²) in [5.74, 6) is -0.306. The molecule has 5 nitrogen and oxygen atoms in total. The second-order valence-electron chi connectivity index (χ2n) is 10.3. The highest BCUT2D eigenvalue weighted by Gasteiger charge is 2.21. The Morgan fingerprint density at radius 2 is 1.09 bits per heavy atom. The number of nitrogens with two attached hydrogens (primary N) is 1. The van der Waals surface area contributed by atoms with E-state index < -0.39 is 6.04 Å². The van der Waals surface area contributed by atoms with E-state index in [-0.39, 0.29) is 11.9 Å². The van der Waals surface area contributed by atoms with Gasteiger partial charge in [-0.3, -0.25) is 4.79 Å². The maximum absolute atomic E-state index is 12.6. The van der Waals surface area contributed by atoms with Crippen LogP contribution in [0.1, 0.15) is 162 Å². The van der Waals surface area contributed by atoms with Crippen molar-refractivity contribution in [3.63, 3.8) is 0 Å². The summed E-state index contributed by atoms with van der Waals surface area (Å²) in [5, 5.41) is 2.94. The predicted molar refractivity (Wildman–Crippen MR) is 149 cm³/mol. The van der Waals surface area contributed by atoms with Crippen LogP contribution in [0.5, 0.6) is 0 Å². The van der Waals surface area contributed by atoms with Gasteiger partial charge < -0.3 is 15.8 Å². The van der Waals surface area contributed by atoms with E-state index in [2.05, 4.69) is 19.2 Å². The van der Waals surface area contributed by atoms with Gasteiger partial charge >= 0.3 is 5.97 Å². The Morgan fingerprint density at radius 3 is 1.57 bits per heavy atom. The lowest BCUT2D eigenvalue weighted by Gasteiger charge is -2.18. The lowest BCUT2D eigenvalue weighted by Crippen LogP contribution is -2.42. The highest BCUT2D eigenvalue weighted by atomic mass is 16.5. The van der Waals surface area contributed by atoms with Crippen molar-refractivity contribution < 1.29 is 14.3 Å². The molecule has 0 fully saturated rings. The van der Waals surface area contributed by atoms with Crippen molar-refractivity contribution >= 4 is 11.9 Å². The topological polar surface area (TPSA) is 81.4 Å². The summed E-state index contributed by atoms with van der Waals surface area (Å²) >= 11 is 0. The van der Waals surface area contributed by atoms with Crippen molar-refractivity contribution in [1.82, 2.24) is 5.32 Å². The third-order valence-corrected chi connectivity index (χ3v) is 6.82. The van der Waals surface area contributed by atoms with Gasteiger partial charge in [-0.25, -0.2) is 4.79 Å². The van der Waals surface area contributed by atoms with Crippen LogP contribution in [0.4, 0.5) is 0 Å². The van der Waals surface area contributed by atoms with Crippen LogP contribution in [0, 0.1) is 0 Å². The molecule has 208 valence electrons. The van der Waals surface area contributed by atoms with E-state index in [1.165, 1.54) is 96.3 Å². The van der Waals surface area contributed by atoms with E-state index in [1.54, 1.807) is 0 Å². The fraction of sp³-hybridized carbons (Fsp3) is 0.933. The van der Waals surface area contributed by atoms with Crippen LogP contribution in [0.2, 0.25) is 0 Å². The first kappa shape index (κ1) is 33.9. The number of carbonyl (C=O) groups excluding carboxylic acids is 2. The Morgan fingerprint density at radius 1 is 0.629 bits per heavy atom. The van der Waals surface area contributed by atoms with Crippen molar-refractivity contribution in [3.8, 4) is 0 Å². The van der Waals surface area contributed by atoms with Crippen molar-refractivity contribution in [2.24, 2.45) is 5.73 Å². The Bertz CT molecular complexity index is 471. The van der Waals surface area contributed by atoms with E-state index in [9.17, 15) is 9.59 Å².